The van der Waals surface area contributed by atoms with E-state index in [-0.39, 0.29) is 5.91 Å². The van der Waals surface area contributed by atoms with E-state index in [1.165, 1.54) is 6.20 Å². The van der Waals surface area contributed by atoms with Gasteiger partial charge in [-0.1, -0.05) is 47.5 Å². The molecule has 0 radical (unpaired) electrons. The van der Waals surface area contributed by atoms with Gasteiger partial charge in [-0.3, -0.25) is 4.79 Å². The maximum atomic E-state index is 12.3. The summed E-state index contributed by atoms with van der Waals surface area (Å²) in [4.78, 5) is 16.2. The van der Waals surface area contributed by atoms with Crippen molar-refractivity contribution in [3.05, 3.63) is 82.6 Å². The van der Waals surface area contributed by atoms with Crippen LogP contribution in [-0.2, 0) is 0 Å². The van der Waals surface area contributed by atoms with Gasteiger partial charge in [0.1, 0.15) is 10.9 Å². The summed E-state index contributed by atoms with van der Waals surface area (Å²) >= 11 is 11.8. The van der Waals surface area contributed by atoms with Crippen LogP contribution in [0, 0.1) is 0 Å². The fourth-order valence-corrected chi connectivity index (χ4v) is 2.30. The minimum Gasteiger partial charge on any atom is -0.454 e. The normalized spacial score (nSPS) is 10.2. The Morgan fingerprint density at radius 3 is 2.33 bits per heavy atom. The van der Waals surface area contributed by atoms with Crippen LogP contribution < -0.4 is 10.1 Å². The molecule has 0 unspecified atom stereocenters. The molecule has 3 rings (SSSR count). The molecule has 4 nitrogen and oxygen atoms in total. The van der Waals surface area contributed by atoms with Crippen LogP contribution >= 0.6 is 23.2 Å². The number of carbonyl (C=O) groups excluding carboxylic acids is 1. The number of ether oxygens (including phenoxy) is 1. The van der Waals surface area contributed by atoms with Gasteiger partial charge in [0, 0.05) is 6.20 Å². The maximum Gasteiger partial charge on any atom is 0.257 e. The lowest BCUT2D eigenvalue weighted by Crippen LogP contribution is -2.12. The molecular formula is C18H12Cl2N2O2. The molecule has 1 N–H and O–H groups in total. The van der Waals surface area contributed by atoms with Crippen LogP contribution in [0.2, 0.25) is 10.2 Å². The van der Waals surface area contributed by atoms with E-state index in [1.54, 1.807) is 42.5 Å². The second kappa shape index (κ2) is 7.34. The van der Waals surface area contributed by atoms with Gasteiger partial charge in [-0.15, -0.1) is 0 Å². The monoisotopic (exact) mass is 358 g/mol. The predicted octanol–water partition coefficient (Wildman–Crippen LogP) is 5.43. The van der Waals surface area contributed by atoms with Crippen LogP contribution in [0.25, 0.3) is 0 Å². The summed E-state index contributed by atoms with van der Waals surface area (Å²) in [5.74, 6) is 0.685. The molecule has 0 saturated carbocycles. The zero-order valence-electron chi connectivity index (χ0n) is 12.4. The van der Waals surface area contributed by atoms with E-state index in [0.717, 1.165) is 0 Å². The zero-order chi connectivity index (χ0) is 16.9. The molecule has 0 atom stereocenters. The molecule has 6 heteroatoms. The van der Waals surface area contributed by atoms with E-state index in [0.29, 0.717) is 32.9 Å². The van der Waals surface area contributed by atoms with E-state index >= 15 is 0 Å². The second-order valence-electron chi connectivity index (χ2n) is 4.85. The number of hydrogen-bond donors (Lipinski definition) is 1. The number of para-hydroxylation sites is 3. The molecule has 0 spiro atoms. The van der Waals surface area contributed by atoms with Crippen molar-refractivity contribution < 1.29 is 9.53 Å². The third kappa shape index (κ3) is 3.85. The molecule has 0 fully saturated rings. The van der Waals surface area contributed by atoms with Crippen LogP contribution in [0.5, 0.6) is 11.5 Å². The summed E-state index contributed by atoms with van der Waals surface area (Å²) in [7, 11) is 0. The lowest BCUT2D eigenvalue weighted by molar-refractivity contribution is 0.102. The molecule has 0 aliphatic carbocycles. The Hall–Kier alpha value is -2.56. The first-order chi connectivity index (χ1) is 11.6. The first-order valence-electron chi connectivity index (χ1n) is 7.08. The van der Waals surface area contributed by atoms with E-state index in [1.807, 2.05) is 18.2 Å². The second-order valence-corrected chi connectivity index (χ2v) is 5.65. The molecule has 2 aromatic carbocycles. The molecule has 0 aliphatic heterocycles. The Kier molecular flexibility index (Phi) is 4.99. The zero-order valence-corrected chi connectivity index (χ0v) is 13.9. The average Bonchev–Trinajstić information content (AvgIpc) is 2.59. The van der Waals surface area contributed by atoms with Gasteiger partial charge in [0.25, 0.3) is 5.91 Å². The number of rotatable bonds is 4. The highest BCUT2D eigenvalue weighted by Gasteiger charge is 2.11. The minimum absolute atomic E-state index is 0.311. The maximum absolute atomic E-state index is 12.3. The average molecular weight is 359 g/mol. The van der Waals surface area contributed by atoms with Gasteiger partial charge in [0.15, 0.2) is 5.75 Å². The van der Waals surface area contributed by atoms with Crippen molar-refractivity contribution >= 4 is 34.8 Å². The number of nitrogens with zero attached hydrogens (tertiary/aromatic N) is 1. The lowest BCUT2D eigenvalue weighted by atomic mass is 10.2. The summed E-state index contributed by atoms with van der Waals surface area (Å²) in [5, 5.41) is 3.61. The number of aromatic nitrogens is 1. The van der Waals surface area contributed by atoms with Gasteiger partial charge in [-0.2, -0.15) is 0 Å². The summed E-state index contributed by atoms with van der Waals surface area (Å²) in [5.41, 5.74) is 0.921. The van der Waals surface area contributed by atoms with Gasteiger partial charge in [-0.05, 0) is 36.4 Å². The highest BCUT2D eigenvalue weighted by molar-refractivity contribution is 6.32. The van der Waals surface area contributed by atoms with Crippen LogP contribution in [-0.4, -0.2) is 10.9 Å². The van der Waals surface area contributed by atoms with E-state index in [9.17, 15) is 4.79 Å². The molecular weight excluding hydrogens is 347 g/mol. The summed E-state index contributed by atoms with van der Waals surface area (Å²) < 4.78 is 5.81. The highest BCUT2D eigenvalue weighted by Crippen LogP contribution is 2.33. The van der Waals surface area contributed by atoms with Gasteiger partial charge in [0.05, 0.1) is 16.3 Å². The van der Waals surface area contributed by atoms with Gasteiger partial charge < -0.3 is 10.1 Å². The smallest absolute Gasteiger partial charge is 0.257 e. The molecule has 1 amide bonds. The Bertz CT molecular complexity index is 867. The summed E-state index contributed by atoms with van der Waals surface area (Å²) in [6.45, 7) is 0. The fraction of sp³-hybridized carbons (Fsp3) is 0. The molecule has 120 valence electrons. The Balaban J connectivity index is 1.83. The molecule has 0 aliphatic rings. The van der Waals surface area contributed by atoms with E-state index < -0.39 is 0 Å². The molecule has 0 saturated heterocycles. The Morgan fingerprint density at radius 1 is 0.917 bits per heavy atom. The quantitative estimate of drug-likeness (QED) is 0.632. The van der Waals surface area contributed by atoms with Crippen molar-refractivity contribution in [1.29, 1.82) is 0 Å². The number of carbonyl (C=O) groups is 1. The Morgan fingerprint density at radius 2 is 1.62 bits per heavy atom. The summed E-state index contributed by atoms with van der Waals surface area (Å²) in [6.07, 6.45) is 1.41. The highest BCUT2D eigenvalue weighted by atomic mass is 35.5. The van der Waals surface area contributed by atoms with Crippen molar-refractivity contribution in [1.82, 2.24) is 4.98 Å². The van der Waals surface area contributed by atoms with Gasteiger partial charge in [-0.25, -0.2) is 4.98 Å². The lowest BCUT2D eigenvalue weighted by Gasteiger charge is -2.13. The van der Waals surface area contributed by atoms with E-state index in [2.05, 4.69) is 10.3 Å². The van der Waals surface area contributed by atoms with Crippen LogP contribution in [0.1, 0.15) is 10.4 Å². The molecule has 3 aromatic rings. The van der Waals surface area contributed by atoms with Crippen molar-refractivity contribution in [2.24, 2.45) is 0 Å². The number of pyridine rings is 1. The van der Waals surface area contributed by atoms with Crippen LogP contribution in [0.15, 0.2) is 66.9 Å². The third-order valence-electron chi connectivity index (χ3n) is 3.18. The molecule has 0 bridgehead atoms. The number of halogens is 2. The first kappa shape index (κ1) is 16.3. The standard InChI is InChI=1S/C18H12Cl2N2O2/c19-13-5-1-3-7-15(13)24-16-8-4-2-6-14(16)22-18(23)12-9-10-17(20)21-11-12/h1-11H,(H,22,23). The number of nitrogens with one attached hydrogen (secondary N) is 1. The van der Waals surface area contributed by atoms with Crippen molar-refractivity contribution in [2.45, 2.75) is 0 Å². The SMILES string of the molecule is O=C(Nc1ccccc1Oc1ccccc1Cl)c1ccc(Cl)nc1. The third-order valence-corrected chi connectivity index (χ3v) is 3.72. The van der Waals surface area contributed by atoms with Crippen LogP contribution in [0.3, 0.4) is 0 Å². The van der Waals surface area contributed by atoms with Crippen molar-refractivity contribution in [3.8, 4) is 11.5 Å². The number of hydrogen-bond acceptors (Lipinski definition) is 3. The minimum atomic E-state index is -0.311. The first-order valence-corrected chi connectivity index (χ1v) is 7.83. The van der Waals surface area contributed by atoms with Crippen molar-refractivity contribution in [3.63, 3.8) is 0 Å². The molecule has 1 heterocycles. The van der Waals surface area contributed by atoms with Gasteiger partial charge >= 0.3 is 0 Å². The number of amides is 1. The largest absolute Gasteiger partial charge is 0.454 e. The van der Waals surface area contributed by atoms with Crippen LogP contribution in [0.4, 0.5) is 5.69 Å². The van der Waals surface area contributed by atoms with Gasteiger partial charge in [0.2, 0.25) is 0 Å². The topological polar surface area (TPSA) is 51.2 Å². The Labute approximate surface area is 149 Å². The molecule has 24 heavy (non-hydrogen) atoms. The predicted molar refractivity (Wildman–Crippen MR) is 95.2 cm³/mol. The fourth-order valence-electron chi connectivity index (χ4n) is 2.01. The molecule has 1 aromatic heterocycles. The number of benzene rings is 2. The number of anilines is 1. The van der Waals surface area contributed by atoms with E-state index in [4.69, 9.17) is 27.9 Å². The summed E-state index contributed by atoms with van der Waals surface area (Å²) in [6, 6.07) is 17.4. The van der Waals surface area contributed by atoms with Crippen molar-refractivity contribution in [2.75, 3.05) is 5.32 Å².